The number of rotatable bonds is 11. The lowest BCUT2D eigenvalue weighted by Crippen LogP contribution is -2.47. The molecule has 2 amide bonds. The van der Waals surface area contributed by atoms with E-state index in [-0.39, 0.29) is 11.8 Å². The molecular weight excluding hydrogens is 394 g/mol. The van der Waals surface area contributed by atoms with E-state index in [0.717, 1.165) is 24.4 Å². The van der Waals surface area contributed by atoms with Crippen molar-refractivity contribution in [1.29, 1.82) is 0 Å². The summed E-state index contributed by atoms with van der Waals surface area (Å²) < 4.78 is 0. The summed E-state index contributed by atoms with van der Waals surface area (Å²) in [5.41, 5.74) is 1.43. The van der Waals surface area contributed by atoms with Crippen molar-refractivity contribution in [1.82, 2.24) is 10.6 Å². The Hall–Kier alpha value is -2.18. The zero-order chi connectivity index (χ0) is 20.2. The molecule has 0 spiro atoms. The lowest BCUT2D eigenvalue weighted by Gasteiger charge is -2.18. The van der Waals surface area contributed by atoms with E-state index >= 15 is 0 Å². The van der Waals surface area contributed by atoms with Crippen LogP contribution in [0.1, 0.15) is 23.2 Å². The molecule has 0 saturated heterocycles. The number of benzene rings is 2. The standard InChI is InChI=1S/C21H26ClN3O2S/c1-28-15-12-19(25-20(26)17-10-5-6-11-18(17)22)21(27)24-14-7-13-23-16-8-3-2-4-9-16/h2-6,8-11,19,23H,7,12-15H2,1H3,(H,24,27)(H,25,26). The summed E-state index contributed by atoms with van der Waals surface area (Å²) >= 11 is 7.72. The summed E-state index contributed by atoms with van der Waals surface area (Å²) in [5.74, 6) is 0.267. The maximum atomic E-state index is 12.5. The molecule has 2 rings (SSSR count). The second-order valence-electron chi connectivity index (χ2n) is 6.22. The molecule has 28 heavy (non-hydrogen) atoms. The molecule has 150 valence electrons. The number of hydrogen-bond acceptors (Lipinski definition) is 4. The molecule has 0 aliphatic heterocycles. The van der Waals surface area contributed by atoms with Crippen LogP contribution in [0.25, 0.3) is 0 Å². The number of thioether (sulfide) groups is 1. The van der Waals surface area contributed by atoms with E-state index in [1.54, 1.807) is 36.0 Å². The monoisotopic (exact) mass is 419 g/mol. The third-order valence-corrected chi connectivity index (χ3v) is 5.08. The van der Waals surface area contributed by atoms with Gasteiger partial charge in [-0.1, -0.05) is 41.9 Å². The second kappa shape index (κ2) is 12.3. The molecule has 0 aliphatic rings. The average Bonchev–Trinajstić information content (AvgIpc) is 2.71. The van der Waals surface area contributed by atoms with Crippen LogP contribution in [-0.2, 0) is 4.79 Å². The number of amides is 2. The van der Waals surface area contributed by atoms with Crippen LogP contribution < -0.4 is 16.0 Å². The molecule has 3 N–H and O–H groups in total. The fourth-order valence-electron chi connectivity index (χ4n) is 2.60. The third kappa shape index (κ3) is 7.44. The Morgan fingerprint density at radius 1 is 1.04 bits per heavy atom. The van der Waals surface area contributed by atoms with Crippen LogP contribution >= 0.6 is 23.4 Å². The van der Waals surface area contributed by atoms with Crippen LogP contribution in [0, 0.1) is 0 Å². The van der Waals surface area contributed by atoms with Gasteiger partial charge in [0.1, 0.15) is 6.04 Å². The Labute approximate surface area is 175 Å². The smallest absolute Gasteiger partial charge is 0.253 e. The average molecular weight is 420 g/mol. The second-order valence-corrected chi connectivity index (χ2v) is 7.62. The highest BCUT2D eigenvalue weighted by Gasteiger charge is 2.21. The van der Waals surface area contributed by atoms with Gasteiger partial charge in [0.25, 0.3) is 5.91 Å². The molecule has 7 heteroatoms. The molecule has 0 bridgehead atoms. The van der Waals surface area contributed by atoms with E-state index in [9.17, 15) is 9.59 Å². The van der Waals surface area contributed by atoms with Gasteiger partial charge in [-0.05, 0) is 49.1 Å². The molecule has 0 fully saturated rings. The summed E-state index contributed by atoms with van der Waals surface area (Å²) in [4.78, 5) is 25.0. The fraction of sp³-hybridized carbons (Fsp3) is 0.333. The first-order valence-corrected chi connectivity index (χ1v) is 11.0. The van der Waals surface area contributed by atoms with Crippen molar-refractivity contribution in [3.63, 3.8) is 0 Å². The number of anilines is 1. The molecule has 0 saturated carbocycles. The van der Waals surface area contributed by atoms with Crippen LogP contribution in [0.15, 0.2) is 54.6 Å². The van der Waals surface area contributed by atoms with Gasteiger partial charge in [-0.2, -0.15) is 11.8 Å². The quantitative estimate of drug-likeness (QED) is 0.484. The minimum absolute atomic E-state index is 0.172. The highest BCUT2D eigenvalue weighted by Crippen LogP contribution is 2.15. The van der Waals surface area contributed by atoms with Gasteiger partial charge in [0, 0.05) is 18.8 Å². The van der Waals surface area contributed by atoms with Crippen LogP contribution in [-0.4, -0.2) is 43.0 Å². The number of carbonyl (C=O) groups is 2. The van der Waals surface area contributed by atoms with Crippen molar-refractivity contribution in [2.45, 2.75) is 18.9 Å². The summed E-state index contributed by atoms with van der Waals surface area (Å²) in [6.45, 7) is 1.29. The van der Waals surface area contributed by atoms with Crippen LogP contribution in [0.3, 0.4) is 0 Å². The maximum Gasteiger partial charge on any atom is 0.253 e. The Morgan fingerprint density at radius 2 is 1.75 bits per heavy atom. The van der Waals surface area contributed by atoms with E-state index in [1.807, 2.05) is 36.6 Å². The Kier molecular flexibility index (Phi) is 9.72. The third-order valence-electron chi connectivity index (χ3n) is 4.11. The van der Waals surface area contributed by atoms with Gasteiger partial charge in [-0.3, -0.25) is 9.59 Å². The molecule has 1 atom stereocenters. The number of para-hydroxylation sites is 1. The van der Waals surface area contributed by atoms with Gasteiger partial charge in [-0.25, -0.2) is 0 Å². The molecule has 0 heterocycles. The number of halogens is 1. The highest BCUT2D eigenvalue weighted by atomic mass is 35.5. The van der Waals surface area contributed by atoms with E-state index in [4.69, 9.17) is 11.6 Å². The van der Waals surface area contributed by atoms with Crippen LogP contribution in [0.2, 0.25) is 5.02 Å². The van der Waals surface area contributed by atoms with Gasteiger partial charge < -0.3 is 16.0 Å². The van der Waals surface area contributed by atoms with Crippen molar-refractivity contribution in [3.05, 3.63) is 65.2 Å². The SMILES string of the molecule is CSCCC(NC(=O)c1ccccc1Cl)C(=O)NCCCNc1ccccc1. The predicted octanol–water partition coefficient (Wildman–Crippen LogP) is 3.81. The zero-order valence-corrected chi connectivity index (χ0v) is 17.5. The van der Waals surface area contributed by atoms with Gasteiger partial charge in [0.05, 0.1) is 10.6 Å². The molecule has 0 aromatic heterocycles. The minimum Gasteiger partial charge on any atom is -0.385 e. The van der Waals surface area contributed by atoms with Crippen molar-refractivity contribution < 1.29 is 9.59 Å². The van der Waals surface area contributed by atoms with E-state index < -0.39 is 6.04 Å². The molecule has 0 radical (unpaired) electrons. The summed E-state index contributed by atoms with van der Waals surface area (Å²) in [6.07, 6.45) is 3.32. The largest absolute Gasteiger partial charge is 0.385 e. The maximum absolute atomic E-state index is 12.5. The topological polar surface area (TPSA) is 70.2 Å². The first-order chi connectivity index (χ1) is 13.6. The zero-order valence-electron chi connectivity index (χ0n) is 15.9. The van der Waals surface area contributed by atoms with E-state index in [2.05, 4.69) is 16.0 Å². The Bertz CT molecular complexity index is 758. The van der Waals surface area contributed by atoms with Crippen LogP contribution in [0.5, 0.6) is 0 Å². The predicted molar refractivity (Wildman–Crippen MR) is 118 cm³/mol. The molecule has 5 nitrogen and oxygen atoms in total. The van der Waals surface area contributed by atoms with Crippen molar-refractivity contribution in [2.24, 2.45) is 0 Å². The van der Waals surface area contributed by atoms with Crippen molar-refractivity contribution in [2.75, 3.05) is 30.4 Å². The molecule has 1 unspecified atom stereocenters. The van der Waals surface area contributed by atoms with E-state index in [0.29, 0.717) is 23.6 Å². The first kappa shape index (κ1) is 22.1. The number of carbonyl (C=O) groups excluding carboxylic acids is 2. The van der Waals surface area contributed by atoms with Gasteiger partial charge in [0.15, 0.2) is 0 Å². The Morgan fingerprint density at radius 3 is 2.46 bits per heavy atom. The van der Waals surface area contributed by atoms with Gasteiger partial charge in [0.2, 0.25) is 5.91 Å². The van der Waals surface area contributed by atoms with Crippen molar-refractivity contribution in [3.8, 4) is 0 Å². The van der Waals surface area contributed by atoms with Crippen LogP contribution in [0.4, 0.5) is 5.69 Å². The normalized spacial score (nSPS) is 11.5. The number of nitrogens with one attached hydrogen (secondary N) is 3. The summed E-state index contributed by atoms with van der Waals surface area (Å²) in [7, 11) is 0. The first-order valence-electron chi connectivity index (χ1n) is 9.22. The lowest BCUT2D eigenvalue weighted by atomic mass is 10.1. The van der Waals surface area contributed by atoms with Crippen molar-refractivity contribution >= 4 is 40.9 Å². The van der Waals surface area contributed by atoms with Gasteiger partial charge >= 0.3 is 0 Å². The minimum atomic E-state index is -0.585. The summed E-state index contributed by atoms with van der Waals surface area (Å²) in [5, 5.41) is 9.40. The molecule has 2 aromatic rings. The molecule has 0 aliphatic carbocycles. The highest BCUT2D eigenvalue weighted by molar-refractivity contribution is 7.98. The Balaban J connectivity index is 1.81. The lowest BCUT2D eigenvalue weighted by molar-refractivity contribution is -0.123. The van der Waals surface area contributed by atoms with Gasteiger partial charge in [-0.15, -0.1) is 0 Å². The molecular formula is C21H26ClN3O2S. The molecule has 2 aromatic carbocycles. The van der Waals surface area contributed by atoms with E-state index in [1.165, 1.54) is 0 Å². The fourth-order valence-corrected chi connectivity index (χ4v) is 3.29. The number of hydrogen-bond donors (Lipinski definition) is 3. The summed E-state index contributed by atoms with van der Waals surface area (Å²) in [6, 6.07) is 16.2.